The number of hydrogen-bond donors (Lipinski definition) is 4. The van der Waals surface area contributed by atoms with Crippen LogP contribution in [0.4, 0.5) is 10.1 Å². The first-order valence-corrected chi connectivity index (χ1v) is 12.1. The zero-order valence-corrected chi connectivity index (χ0v) is 22.1. The van der Waals surface area contributed by atoms with Gasteiger partial charge in [0, 0.05) is 23.2 Å². The number of nitrogen functional groups attached to an aromatic ring is 1. The number of anilines is 1. The Kier molecular flexibility index (Phi) is 9.26. The molecule has 0 unspecified atom stereocenters. The van der Waals surface area contributed by atoms with E-state index < -0.39 is 48.8 Å². The number of hydrogen-bond acceptors (Lipinski definition) is 7. The molecule has 0 spiro atoms. The lowest BCUT2D eigenvalue weighted by molar-refractivity contribution is -0.139. The number of carbonyl (C=O) groups is 3. The van der Waals surface area contributed by atoms with Gasteiger partial charge in [-0.2, -0.15) is 5.10 Å². The van der Waals surface area contributed by atoms with Gasteiger partial charge in [0.15, 0.2) is 5.69 Å². The highest BCUT2D eigenvalue weighted by atomic mass is 35.5. The number of fused-ring (bicyclic) bond motifs is 1. The Morgan fingerprint density at radius 3 is 2.58 bits per heavy atom. The number of primary amides is 1. The lowest BCUT2D eigenvalue weighted by atomic mass is 10.1. The van der Waals surface area contributed by atoms with E-state index in [9.17, 15) is 23.9 Å². The van der Waals surface area contributed by atoms with Gasteiger partial charge in [-0.1, -0.05) is 23.7 Å². The summed E-state index contributed by atoms with van der Waals surface area (Å²) in [7, 11) is 3.54. The van der Waals surface area contributed by atoms with Crippen molar-refractivity contribution in [1.82, 2.24) is 24.9 Å². The number of amides is 3. The van der Waals surface area contributed by atoms with E-state index in [0.717, 1.165) is 0 Å². The lowest BCUT2D eigenvalue weighted by Gasteiger charge is -2.29. The fourth-order valence-corrected chi connectivity index (χ4v) is 4.26. The number of halogens is 2. The second-order valence-electron chi connectivity index (χ2n) is 9.23. The minimum Gasteiger partial charge on any atom is -0.399 e. The van der Waals surface area contributed by atoms with Gasteiger partial charge in [0.1, 0.15) is 12.4 Å². The van der Waals surface area contributed by atoms with Crippen molar-refractivity contribution in [3.05, 3.63) is 58.5 Å². The van der Waals surface area contributed by atoms with Crippen LogP contribution in [0.15, 0.2) is 36.4 Å². The monoisotopic (exact) mass is 547 g/mol. The number of aliphatic hydroxyl groups excluding tert-OH is 1. The molecule has 0 saturated carbocycles. The normalized spacial score (nSPS) is 12.9. The van der Waals surface area contributed by atoms with E-state index in [4.69, 9.17) is 23.1 Å². The first kappa shape index (κ1) is 28.8. The highest BCUT2D eigenvalue weighted by Crippen LogP contribution is 2.24. The molecule has 0 radical (unpaired) electrons. The van der Waals surface area contributed by atoms with E-state index in [1.54, 1.807) is 44.1 Å². The molecule has 1 heterocycles. The van der Waals surface area contributed by atoms with Gasteiger partial charge in [-0.25, -0.2) is 4.39 Å². The van der Waals surface area contributed by atoms with E-state index in [1.165, 1.54) is 27.8 Å². The first-order chi connectivity index (χ1) is 17.9. The van der Waals surface area contributed by atoms with Gasteiger partial charge in [-0.15, -0.1) is 0 Å². The molecule has 0 aliphatic rings. The van der Waals surface area contributed by atoms with Crippen molar-refractivity contribution < 1.29 is 23.9 Å². The van der Waals surface area contributed by atoms with Crippen LogP contribution in [-0.2, 0) is 16.1 Å². The minimum atomic E-state index is -0.785. The van der Waals surface area contributed by atoms with Gasteiger partial charge in [-0.3, -0.25) is 19.1 Å². The molecule has 3 rings (SSSR count). The highest BCUT2D eigenvalue weighted by molar-refractivity contribution is 6.30. The number of aliphatic hydroxyl groups is 1. The summed E-state index contributed by atoms with van der Waals surface area (Å²) >= 11 is 5.94. The third-order valence-electron chi connectivity index (χ3n) is 5.96. The van der Waals surface area contributed by atoms with Crippen LogP contribution in [0.25, 0.3) is 10.9 Å². The number of nitrogens with one attached hydrogen (secondary N) is 1. The fourth-order valence-electron chi connectivity index (χ4n) is 4.08. The van der Waals surface area contributed by atoms with E-state index in [0.29, 0.717) is 16.6 Å². The topological polar surface area (TPSA) is 160 Å². The number of nitrogens with two attached hydrogens (primary N) is 2. The maximum absolute atomic E-state index is 14.7. The summed E-state index contributed by atoms with van der Waals surface area (Å²) in [6, 6.07) is 7.78. The van der Waals surface area contributed by atoms with Crippen LogP contribution >= 0.6 is 11.6 Å². The average molecular weight is 548 g/mol. The van der Waals surface area contributed by atoms with Gasteiger partial charge >= 0.3 is 0 Å². The predicted molar refractivity (Wildman–Crippen MR) is 142 cm³/mol. The van der Waals surface area contributed by atoms with E-state index in [-0.39, 0.29) is 29.4 Å². The molecule has 6 N–H and O–H groups in total. The summed E-state index contributed by atoms with van der Waals surface area (Å²) in [4.78, 5) is 41.2. The molecule has 13 heteroatoms. The predicted octanol–water partition coefficient (Wildman–Crippen LogP) is 1.14. The summed E-state index contributed by atoms with van der Waals surface area (Å²) in [6.45, 7) is 0.684. The quantitative estimate of drug-likeness (QED) is 0.262. The molecule has 0 aliphatic heterocycles. The van der Waals surface area contributed by atoms with Crippen LogP contribution in [0.1, 0.15) is 29.0 Å². The zero-order valence-electron chi connectivity index (χ0n) is 21.3. The molecule has 0 aliphatic carbocycles. The Bertz CT molecular complexity index is 1350. The van der Waals surface area contributed by atoms with E-state index in [2.05, 4.69) is 10.4 Å². The fraction of sp³-hybridized carbons (Fsp3) is 0.360. The van der Waals surface area contributed by atoms with Gasteiger partial charge in [0.05, 0.1) is 35.8 Å². The van der Waals surface area contributed by atoms with Crippen molar-refractivity contribution in [2.45, 2.75) is 25.6 Å². The Balaban J connectivity index is 1.84. The molecule has 2 aromatic carbocycles. The second-order valence-corrected chi connectivity index (χ2v) is 9.63. The largest absolute Gasteiger partial charge is 0.399 e. The van der Waals surface area contributed by atoms with Crippen molar-refractivity contribution in [2.75, 3.05) is 39.5 Å². The van der Waals surface area contributed by atoms with Crippen LogP contribution in [0.3, 0.4) is 0 Å². The SMILES string of the molecule is C[C@H](CO)N(CC(=O)N[C@H](CN(C)C)c1cccc(Cl)c1F)C(=O)Cn1nc(C(N)=O)c2cc(N)ccc21. The minimum absolute atomic E-state index is 0.0466. The van der Waals surface area contributed by atoms with E-state index in [1.807, 2.05) is 0 Å². The molecule has 3 amide bonds. The maximum atomic E-state index is 14.7. The molecule has 2 atom stereocenters. The molecule has 11 nitrogen and oxygen atoms in total. The Labute approximate surface area is 224 Å². The number of carbonyl (C=O) groups excluding carboxylic acids is 3. The zero-order chi connectivity index (χ0) is 28.1. The number of benzene rings is 2. The smallest absolute Gasteiger partial charge is 0.269 e. The van der Waals surface area contributed by atoms with Gasteiger partial charge < -0.3 is 31.7 Å². The van der Waals surface area contributed by atoms with Crippen LogP contribution in [0.5, 0.6) is 0 Å². The van der Waals surface area contributed by atoms with Crippen LogP contribution < -0.4 is 16.8 Å². The third kappa shape index (κ3) is 6.57. The molecular weight excluding hydrogens is 517 g/mol. The van der Waals surface area contributed by atoms with Crippen LogP contribution in [0, 0.1) is 5.82 Å². The Hall–Kier alpha value is -3.74. The van der Waals surface area contributed by atoms with Gasteiger partial charge in [0.25, 0.3) is 5.91 Å². The number of nitrogens with zero attached hydrogens (tertiary/aromatic N) is 4. The van der Waals surface area contributed by atoms with Crippen molar-refractivity contribution >= 4 is 45.9 Å². The van der Waals surface area contributed by atoms with Crippen molar-refractivity contribution in [3.8, 4) is 0 Å². The molecule has 204 valence electrons. The standard InChI is InChI=1S/C25H31ClFN7O4/c1-14(13-35)33(11-21(36)30-19(10-32(2)3)16-5-4-6-18(26)23(16)27)22(37)12-34-20-8-7-15(28)9-17(20)24(31-34)25(29)38/h4-9,14,19,35H,10-13,28H2,1-3H3,(H2,29,38)(H,30,36)/t14-,19-/m1/s1. The van der Waals surface area contributed by atoms with E-state index >= 15 is 0 Å². The van der Waals surface area contributed by atoms with Crippen molar-refractivity contribution in [3.63, 3.8) is 0 Å². The Morgan fingerprint density at radius 1 is 1.24 bits per heavy atom. The number of likely N-dealkylation sites (N-methyl/N-ethyl adjacent to an activating group) is 1. The Morgan fingerprint density at radius 2 is 1.95 bits per heavy atom. The molecule has 0 bridgehead atoms. The summed E-state index contributed by atoms with van der Waals surface area (Å²) in [6.07, 6.45) is 0. The molecule has 3 aromatic rings. The lowest BCUT2D eigenvalue weighted by Crippen LogP contribution is -2.49. The molecule has 0 saturated heterocycles. The van der Waals surface area contributed by atoms with Crippen LogP contribution in [0.2, 0.25) is 5.02 Å². The highest BCUT2D eigenvalue weighted by Gasteiger charge is 2.27. The van der Waals surface area contributed by atoms with Crippen molar-refractivity contribution in [2.24, 2.45) is 5.73 Å². The van der Waals surface area contributed by atoms with Gasteiger partial charge in [-0.05, 0) is 45.3 Å². The number of aromatic nitrogens is 2. The third-order valence-corrected chi connectivity index (χ3v) is 6.26. The molecule has 38 heavy (non-hydrogen) atoms. The summed E-state index contributed by atoms with van der Waals surface area (Å²) in [5.74, 6) is -2.54. The summed E-state index contributed by atoms with van der Waals surface area (Å²) in [5, 5.41) is 17.0. The van der Waals surface area contributed by atoms with Gasteiger partial charge in [0.2, 0.25) is 11.8 Å². The average Bonchev–Trinajstić information content (AvgIpc) is 3.20. The molecule has 1 aromatic heterocycles. The maximum Gasteiger partial charge on any atom is 0.269 e. The summed E-state index contributed by atoms with van der Waals surface area (Å²) < 4.78 is 16.0. The number of rotatable bonds is 11. The van der Waals surface area contributed by atoms with Crippen LogP contribution in [-0.4, -0.2) is 82.2 Å². The first-order valence-electron chi connectivity index (χ1n) is 11.8. The molecular formula is C25H31ClFN7O4. The second kappa shape index (κ2) is 12.2. The molecule has 0 fully saturated rings. The summed E-state index contributed by atoms with van der Waals surface area (Å²) in [5.41, 5.74) is 12.3. The van der Waals surface area contributed by atoms with Crippen molar-refractivity contribution in [1.29, 1.82) is 0 Å².